The molecule has 3 aromatic rings. The van der Waals surface area contributed by atoms with Gasteiger partial charge in [-0.15, -0.1) is 0 Å². The second-order valence-corrected chi connectivity index (χ2v) is 7.60. The van der Waals surface area contributed by atoms with Crippen molar-refractivity contribution in [2.24, 2.45) is 5.10 Å². The highest BCUT2D eigenvalue weighted by atomic mass is 35.5. The van der Waals surface area contributed by atoms with Crippen molar-refractivity contribution in [3.05, 3.63) is 97.4 Å². The molecule has 1 N–H and O–H groups in total. The molecule has 0 aliphatic rings. The number of carbonyl (C=O) groups excluding carboxylic acids is 1. The Morgan fingerprint density at radius 2 is 1.55 bits per heavy atom. The molecule has 4 nitrogen and oxygen atoms in total. The Morgan fingerprint density at radius 1 is 0.897 bits per heavy atom. The molecule has 0 saturated heterocycles. The number of hydrazone groups is 1. The smallest absolute Gasteiger partial charge is 0.271 e. The first-order valence-electron chi connectivity index (χ1n) is 8.37. The summed E-state index contributed by atoms with van der Waals surface area (Å²) in [5.74, 6) is 0.239. The number of ether oxygens (including phenoxy) is 1. The van der Waals surface area contributed by atoms with Crippen molar-refractivity contribution < 1.29 is 9.53 Å². The fourth-order valence-corrected chi connectivity index (χ4v) is 3.25. The first-order chi connectivity index (χ1) is 13.9. The molecule has 8 heteroatoms. The maximum Gasteiger partial charge on any atom is 0.271 e. The summed E-state index contributed by atoms with van der Waals surface area (Å²) in [6.07, 6.45) is 1.45. The van der Waals surface area contributed by atoms with Gasteiger partial charge in [0.2, 0.25) is 0 Å². The quantitative estimate of drug-likeness (QED) is 0.326. The van der Waals surface area contributed by atoms with Gasteiger partial charge in [0.1, 0.15) is 12.4 Å². The molecule has 0 spiro atoms. The third-order valence-electron chi connectivity index (χ3n) is 3.86. The Bertz CT molecular complexity index is 1050. The molecule has 29 heavy (non-hydrogen) atoms. The largest absolute Gasteiger partial charge is 0.489 e. The van der Waals surface area contributed by atoms with Crippen molar-refractivity contribution in [1.82, 2.24) is 5.43 Å². The van der Waals surface area contributed by atoms with Gasteiger partial charge in [0, 0.05) is 31.8 Å². The van der Waals surface area contributed by atoms with Crippen LogP contribution in [0.2, 0.25) is 20.1 Å². The summed E-state index contributed by atoms with van der Waals surface area (Å²) in [5.41, 5.74) is 4.33. The van der Waals surface area contributed by atoms with Crippen molar-refractivity contribution in [1.29, 1.82) is 0 Å². The summed E-state index contributed by atoms with van der Waals surface area (Å²) < 4.78 is 5.69. The molecule has 0 saturated carbocycles. The molecular formula is C21H14Cl4N2O2. The second-order valence-electron chi connectivity index (χ2n) is 5.91. The molecule has 1 amide bonds. The van der Waals surface area contributed by atoms with E-state index < -0.39 is 0 Å². The lowest BCUT2D eigenvalue weighted by Crippen LogP contribution is -2.17. The molecule has 3 rings (SSSR count). The van der Waals surface area contributed by atoms with E-state index >= 15 is 0 Å². The minimum Gasteiger partial charge on any atom is -0.489 e. The van der Waals surface area contributed by atoms with Crippen molar-refractivity contribution in [2.75, 3.05) is 0 Å². The van der Waals surface area contributed by atoms with E-state index in [0.717, 1.165) is 5.56 Å². The van der Waals surface area contributed by atoms with Gasteiger partial charge in [-0.3, -0.25) is 4.79 Å². The molecule has 0 aliphatic carbocycles. The summed E-state index contributed by atoms with van der Waals surface area (Å²) >= 11 is 23.9. The van der Waals surface area contributed by atoms with Crippen LogP contribution >= 0.6 is 46.4 Å². The van der Waals surface area contributed by atoms with Gasteiger partial charge in [0.05, 0.1) is 11.2 Å². The Kier molecular flexibility index (Phi) is 7.40. The fourth-order valence-electron chi connectivity index (χ4n) is 2.33. The number of rotatable bonds is 6. The number of benzene rings is 3. The van der Waals surface area contributed by atoms with E-state index in [1.54, 1.807) is 60.7 Å². The SMILES string of the molecule is O=C(N/N=C/c1ccc(Cl)cc1Cl)c1ccc(OCc2ccc(Cl)cc2Cl)cc1. The van der Waals surface area contributed by atoms with E-state index in [9.17, 15) is 4.79 Å². The highest BCUT2D eigenvalue weighted by molar-refractivity contribution is 6.36. The van der Waals surface area contributed by atoms with Gasteiger partial charge in [-0.1, -0.05) is 58.5 Å². The number of nitrogens with zero attached hydrogens (tertiary/aromatic N) is 1. The van der Waals surface area contributed by atoms with Crippen molar-refractivity contribution in [3.63, 3.8) is 0 Å². The molecule has 0 aromatic heterocycles. The predicted octanol–water partition coefficient (Wildman–Crippen LogP) is 6.64. The van der Waals surface area contributed by atoms with Crippen LogP contribution in [0.3, 0.4) is 0 Å². The molecule has 0 radical (unpaired) electrons. The van der Waals surface area contributed by atoms with Crippen LogP contribution in [0.4, 0.5) is 0 Å². The topological polar surface area (TPSA) is 50.7 Å². The Balaban J connectivity index is 1.56. The molecule has 0 unspecified atom stereocenters. The van der Waals surface area contributed by atoms with Crippen LogP contribution in [0.15, 0.2) is 65.8 Å². The summed E-state index contributed by atoms with van der Waals surface area (Å²) in [6, 6.07) is 16.9. The van der Waals surface area contributed by atoms with Crippen LogP contribution in [-0.4, -0.2) is 12.1 Å². The van der Waals surface area contributed by atoms with Gasteiger partial charge in [0.15, 0.2) is 0 Å². The van der Waals surface area contributed by atoms with Crippen molar-refractivity contribution >= 4 is 58.5 Å². The van der Waals surface area contributed by atoms with E-state index in [-0.39, 0.29) is 12.5 Å². The van der Waals surface area contributed by atoms with Crippen LogP contribution in [0.25, 0.3) is 0 Å². The average Bonchev–Trinajstić information content (AvgIpc) is 2.69. The molecular weight excluding hydrogens is 454 g/mol. The van der Waals surface area contributed by atoms with Gasteiger partial charge in [-0.2, -0.15) is 5.10 Å². The van der Waals surface area contributed by atoms with Gasteiger partial charge >= 0.3 is 0 Å². The molecule has 0 heterocycles. The lowest BCUT2D eigenvalue weighted by molar-refractivity contribution is 0.0955. The van der Waals surface area contributed by atoms with E-state index in [1.165, 1.54) is 6.21 Å². The van der Waals surface area contributed by atoms with E-state index in [2.05, 4.69) is 10.5 Å². The third kappa shape index (κ3) is 6.12. The molecule has 0 bridgehead atoms. The highest BCUT2D eigenvalue weighted by Gasteiger charge is 2.06. The first kappa shape index (κ1) is 21.5. The highest BCUT2D eigenvalue weighted by Crippen LogP contribution is 2.23. The predicted molar refractivity (Wildman–Crippen MR) is 119 cm³/mol. The number of hydrogen-bond donors (Lipinski definition) is 1. The minimum atomic E-state index is -0.362. The maximum absolute atomic E-state index is 12.2. The third-order valence-corrected chi connectivity index (χ3v) is 5.01. The maximum atomic E-state index is 12.2. The summed E-state index contributed by atoms with van der Waals surface area (Å²) in [6.45, 7) is 0.285. The Morgan fingerprint density at radius 3 is 2.21 bits per heavy atom. The lowest BCUT2D eigenvalue weighted by Gasteiger charge is -2.08. The number of nitrogens with one attached hydrogen (secondary N) is 1. The standard InChI is InChI=1S/C21H14Cl4N2O2/c22-16-5-1-14(19(24)9-16)11-26-27-21(28)13-3-7-18(8-4-13)29-12-15-2-6-17(23)10-20(15)25/h1-11H,12H2,(H,27,28)/b26-11+. The van der Waals surface area contributed by atoms with Crippen LogP contribution in [0.1, 0.15) is 21.5 Å². The van der Waals surface area contributed by atoms with Crippen molar-refractivity contribution in [2.45, 2.75) is 6.61 Å². The molecule has 3 aromatic carbocycles. The minimum absolute atomic E-state index is 0.285. The monoisotopic (exact) mass is 466 g/mol. The van der Waals surface area contributed by atoms with Gasteiger partial charge in [-0.05, 0) is 48.5 Å². The zero-order chi connectivity index (χ0) is 20.8. The van der Waals surface area contributed by atoms with Gasteiger partial charge in [-0.25, -0.2) is 5.43 Å². The van der Waals surface area contributed by atoms with E-state index in [0.29, 0.717) is 37.0 Å². The lowest BCUT2D eigenvalue weighted by atomic mass is 10.2. The molecule has 0 atom stereocenters. The van der Waals surface area contributed by atoms with Crippen LogP contribution in [-0.2, 0) is 6.61 Å². The zero-order valence-corrected chi connectivity index (χ0v) is 17.9. The van der Waals surface area contributed by atoms with Crippen LogP contribution in [0, 0.1) is 0 Å². The van der Waals surface area contributed by atoms with Crippen LogP contribution in [0.5, 0.6) is 5.75 Å². The molecule has 0 aliphatic heterocycles. The van der Waals surface area contributed by atoms with E-state index in [4.69, 9.17) is 51.1 Å². The van der Waals surface area contributed by atoms with Gasteiger partial charge in [0.25, 0.3) is 5.91 Å². The number of carbonyl (C=O) groups is 1. The van der Waals surface area contributed by atoms with E-state index in [1.807, 2.05) is 0 Å². The van der Waals surface area contributed by atoms with Crippen molar-refractivity contribution in [3.8, 4) is 5.75 Å². The summed E-state index contributed by atoms with van der Waals surface area (Å²) in [7, 11) is 0. The normalized spacial score (nSPS) is 10.9. The van der Waals surface area contributed by atoms with Crippen LogP contribution < -0.4 is 10.2 Å². The summed E-state index contributed by atoms with van der Waals surface area (Å²) in [4.78, 5) is 12.2. The fraction of sp³-hybridized carbons (Fsp3) is 0.0476. The molecule has 0 fully saturated rings. The van der Waals surface area contributed by atoms with Gasteiger partial charge < -0.3 is 4.74 Å². The number of hydrogen-bond acceptors (Lipinski definition) is 3. The zero-order valence-electron chi connectivity index (χ0n) is 14.8. The molecule has 148 valence electrons. The Labute approximate surface area is 188 Å². The number of halogens is 4. The summed E-state index contributed by atoms with van der Waals surface area (Å²) in [5, 5.41) is 5.98. The second kappa shape index (κ2) is 9.99. The number of amides is 1. The Hall–Kier alpha value is -2.24. The average molecular weight is 468 g/mol. The first-order valence-corrected chi connectivity index (χ1v) is 9.89.